The molecule has 1 aromatic rings. The minimum atomic E-state index is -3.58. The van der Waals surface area contributed by atoms with Crippen LogP contribution < -0.4 is 4.72 Å². The Morgan fingerprint density at radius 3 is 2.72 bits per heavy atom. The van der Waals surface area contributed by atoms with Crippen LogP contribution in [0.1, 0.15) is 37.1 Å². The van der Waals surface area contributed by atoms with Gasteiger partial charge in [0.2, 0.25) is 10.0 Å². The molecule has 2 rings (SSSR count). The molecule has 3 N–H and O–H groups in total. The van der Waals surface area contributed by atoms with Gasteiger partial charge in [-0.1, -0.05) is 12.8 Å². The highest BCUT2D eigenvalue weighted by molar-refractivity contribution is 7.89. The van der Waals surface area contributed by atoms with Gasteiger partial charge in [0.1, 0.15) is 10.6 Å². The van der Waals surface area contributed by atoms with Crippen molar-refractivity contribution in [3.8, 4) is 0 Å². The van der Waals surface area contributed by atoms with E-state index in [0.29, 0.717) is 18.2 Å². The third-order valence-corrected chi connectivity index (χ3v) is 5.04. The van der Waals surface area contributed by atoms with Gasteiger partial charge in [-0.2, -0.15) is 5.10 Å². The monoisotopic (exact) mass is 273 g/mol. The van der Waals surface area contributed by atoms with Crippen LogP contribution in [-0.4, -0.2) is 30.3 Å². The molecule has 1 aromatic heterocycles. The average Bonchev–Trinajstić information content (AvgIpc) is 2.95. The smallest absolute Gasteiger partial charge is 0.244 e. The number of hydrogen-bond donors (Lipinski definition) is 3. The van der Waals surface area contributed by atoms with Crippen LogP contribution in [-0.2, 0) is 16.6 Å². The fourth-order valence-corrected chi connectivity index (χ4v) is 3.92. The lowest BCUT2D eigenvalue weighted by Crippen LogP contribution is -2.29. The van der Waals surface area contributed by atoms with Gasteiger partial charge in [-0.05, 0) is 25.7 Å². The van der Waals surface area contributed by atoms with Crippen molar-refractivity contribution in [2.45, 2.75) is 44.1 Å². The molecule has 1 aliphatic rings. The van der Waals surface area contributed by atoms with E-state index in [4.69, 9.17) is 5.11 Å². The first-order valence-corrected chi connectivity index (χ1v) is 7.67. The summed E-state index contributed by atoms with van der Waals surface area (Å²) in [6.07, 6.45) is 4.53. The molecule has 1 heterocycles. The minimum Gasteiger partial charge on any atom is -0.390 e. The van der Waals surface area contributed by atoms with Crippen molar-refractivity contribution in [3.05, 3.63) is 11.4 Å². The quantitative estimate of drug-likeness (QED) is 0.735. The lowest BCUT2D eigenvalue weighted by atomic mass is 10.1. The van der Waals surface area contributed by atoms with Crippen LogP contribution in [0, 0.1) is 12.8 Å². The Kier molecular flexibility index (Phi) is 4.04. The number of hydrogen-bond acceptors (Lipinski definition) is 4. The third-order valence-electron chi connectivity index (χ3n) is 3.42. The van der Waals surface area contributed by atoms with E-state index in [1.165, 1.54) is 12.8 Å². The zero-order chi connectivity index (χ0) is 13.2. The number of nitrogens with one attached hydrogen (secondary N) is 2. The standard InChI is InChI=1S/C11H19N3O3S/c1-8-11(10(7-15)14-13-8)18(16,17)12-6-9-4-2-3-5-9/h9,12,15H,2-7H2,1H3,(H,13,14). The van der Waals surface area contributed by atoms with Gasteiger partial charge in [-0.3, -0.25) is 5.10 Å². The molecule has 0 amide bonds. The zero-order valence-electron chi connectivity index (χ0n) is 10.4. The maximum Gasteiger partial charge on any atom is 0.244 e. The first-order chi connectivity index (χ1) is 8.54. The Balaban J connectivity index is 2.11. The van der Waals surface area contributed by atoms with E-state index < -0.39 is 10.0 Å². The van der Waals surface area contributed by atoms with E-state index in [0.717, 1.165) is 12.8 Å². The minimum absolute atomic E-state index is 0.0861. The molecular weight excluding hydrogens is 254 g/mol. The number of aromatic amines is 1. The topological polar surface area (TPSA) is 95.1 Å². The number of aryl methyl sites for hydroxylation is 1. The highest BCUT2D eigenvalue weighted by Gasteiger charge is 2.25. The molecule has 0 unspecified atom stereocenters. The molecule has 0 bridgehead atoms. The van der Waals surface area contributed by atoms with Crippen LogP contribution in [0.4, 0.5) is 0 Å². The molecule has 0 radical (unpaired) electrons. The molecule has 0 spiro atoms. The van der Waals surface area contributed by atoms with Crippen molar-refractivity contribution in [2.75, 3.05) is 6.54 Å². The number of aromatic nitrogens is 2. The second-order valence-corrected chi connectivity index (χ2v) is 6.49. The highest BCUT2D eigenvalue weighted by atomic mass is 32.2. The number of aliphatic hydroxyl groups excluding tert-OH is 1. The predicted octanol–water partition coefficient (Wildman–Crippen LogP) is 0.679. The summed E-state index contributed by atoms with van der Waals surface area (Å²) in [5, 5.41) is 15.5. The summed E-state index contributed by atoms with van der Waals surface area (Å²) in [7, 11) is -3.58. The van der Waals surface area contributed by atoms with Crippen LogP contribution in [0.5, 0.6) is 0 Å². The van der Waals surface area contributed by atoms with Gasteiger partial charge in [0.25, 0.3) is 0 Å². The fraction of sp³-hybridized carbons (Fsp3) is 0.727. The van der Waals surface area contributed by atoms with E-state index >= 15 is 0 Å². The van der Waals surface area contributed by atoms with Gasteiger partial charge in [0, 0.05) is 6.54 Å². The van der Waals surface area contributed by atoms with E-state index in [9.17, 15) is 8.42 Å². The van der Waals surface area contributed by atoms with Gasteiger partial charge in [-0.15, -0.1) is 0 Å². The highest BCUT2D eigenvalue weighted by Crippen LogP contribution is 2.25. The second kappa shape index (κ2) is 5.38. The van der Waals surface area contributed by atoms with Gasteiger partial charge in [0.15, 0.2) is 0 Å². The van der Waals surface area contributed by atoms with Gasteiger partial charge >= 0.3 is 0 Å². The molecule has 0 saturated heterocycles. The van der Waals surface area contributed by atoms with Crippen LogP contribution in [0.25, 0.3) is 0 Å². The number of sulfonamides is 1. The Labute approximate surface area is 107 Å². The average molecular weight is 273 g/mol. The summed E-state index contributed by atoms with van der Waals surface area (Å²) >= 11 is 0. The maximum absolute atomic E-state index is 12.2. The van der Waals surface area contributed by atoms with Crippen molar-refractivity contribution >= 4 is 10.0 Å². The Morgan fingerprint density at radius 2 is 2.11 bits per heavy atom. The Hall–Kier alpha value is -0.920. The fourth-order valence-electron chi connectivity index (χ4n) is 2.45. The van der Waals surface area contributed by atoms with Crippen molar-refractivity contribution < 1.29 is 13.5 Å². The number of H-pyrrole nitrogens is 1. The van der Waals surface area contributed by atoms with Crippen molar-refractivity contribution in [3.63, 3.8) is 0 Å². The lowest BCUT2D eigenvalue weighted by Gasteiger charge is -2.11. The van der Waals surface area contributed by atoms with Crippen LogP contribution in [0.15, 0.2) is 4.90 Å². The van der Waals surface area contributed by atoms with Crippen LogP contribution in [0.2, 0.25) is 0 Å². The third kappa shape index (κ3) is 2.73. The molecule has 102 valence electrons. The number of aliphatic hydroxyl groups is 1. The summed E-state index contributed by atoms with van der Waals surface area (Å²) in [4.78, 5) is 0.0861. The summed E-state index contributed by atoms with van der Waals surface area (Å²) in [6.45, 7) is 1.72. The van der Waals surface area contributed by atoms with E-state index in [-0.39, 0.29) is 17.2 Å². The van der Waals surface area contributed by atoms with Crippen molar-refractivity contribution in [1.29, 1.82) is 0 Å². The number of nitrogens with zero attached hydrogens (tertiary/aromatic N) is 1. The molecule has 18 heavy (non-hydrogen) atoms. The largest absolute Gasteiger partial charge is 0.390 e. The molecule has 0 atom stereocenters. The second-order valence-electron chi connectivity index (χ2n) is 4.78. The van der Waals surface area contributed by atoms with Crippen molar-refractivity contribution in [2.24, 2.45) is 5.92 Å². The Morgan fingerprint density at radius 1 is 1.44 bits per heavy atom. The first kappa shape index (κ1) is 13.5. The van der Waals surface area contributed by atoms with Gasteiger partial charge in [-0.25, -0.2) is 13.1 Å². The van der Waals surface area contributed by atoms with E-state index in [1.54, 1.807) is 6.92 Å². The SMILES string of the molecule is Cc1[nH]nc(CO)c1S(=O)(=O)NCC1CCCC1. The molecule has 0 aliphatic heterocycles. The molecule has 7 heteroatoms. The molecule has 6 nitrogen and oxygen atoms in total. The first-order valence-electron chi connectivity index (χ1n) is 6.19. The summed E-state index contributed by atoms with van der Waals surface area (Å²) in [6, 6.07) is 0. The zero-order valence-corrected chi connectivity index (χ0v) is 11.3. The molecule has 1 fully saturated rings. The molecule has 0 aromatic carbocycles. The molecular formula is C11H19N3O3S. The van der Waals surface area contributed by atoms with E-state index in [1.807, 2.05) is 0 Å². The summed E-state index contributed by atoms with van der Waals surface area (Å²) in [5.74, 6) is 0.435. The van der Waals surface area contributed by atoms with E-state index in [2.05, 4.69) is 14.9 Å². The summed E-state index contributed by atoms with van der Waals surface area (Å²) in [5.41, 5.74) is 0.629. The molecule has 1 saturated carbocycles. The van der Waals surface area contributed by atoms with Crippen molar-refractivity contribution in [1.82, 2.24) is 14.9 Å². The molecule has 1 aliphatic carbocycles. The predicted molar refractivity (Wildman–Crippen MR) is 66.4 cm³/mol. The van der Waals surface area contributed by atoms with Gasteiger partial charge in [0.05, 0.1) is 12.3 Å². The Bertz CT molecular complexity index is 504. The number of rotatable bonds is 5. The van der Waals surface area contributed by atoms with Gasteiger partial charge < -0.3 is 5.11 Å². The normalized spacial score (nSPS) is 17.4. The van der Waals surface area contributed by atoms with Crippen LogP contribution >= 0.6 is 0 Å². The summed E-state index contributed by atoms with van der Waals surface area (Å²) < 4.78 is 27.0. The lowest BCUT2D eigenvalue weighted by molar-refractivity contribution is 0.273. The maximum atomic E-state index is 12.2. The van der Waals surface area contributed by atoms with Crippen LogP contribution in [0.3, 0.4) is 0 Å².